The van der Waals surface area contributed by atoms with Gasteiger partial charge in [0.1, 0.15) is 5.75 Å². The van der Waals surface area contributed by atoms with Crippen molar-refractivity contribution in [2.45, 2.75) is 13.8 Å². The van der Waals surface area contributed by atoms with Gasteiger partial charge in [0.25, 0.3) is 5.24 Å². The lowest BCUT2D eigenvalue weighted by atomic mass is 10.1. The Morgan fingerprint density at radius 2 is 2.00 bits per heavy atom. The van der Waals surface area contributed by atoms with Crippen molar-refractivity contribution in [1.82, 2.24) is 0 Å². The van der Waals surface area contributed by atoms with E-state index in [1.54, 1.807) is 14.2 Å². The molecule has 1 rings (SSSR count). The summed E-state index contributed by atoms with van der Waals surface area (Å²) in [5, 5.41) is -0.305. The van der Waals surface area contributed by atoms with Crippen LogP contribution in [0.15, 0.2) is 12.1 Å². The number of methoxy groups -OCH3 is 1. The van der Waals surface area contributed by atoms with Crippen molar-refractivity contribution in [3.63, 3.8) is 0 Å². The summed E-state index contributed by atoms with van der Waals surface area (Å²) in [6.45, 7) is 3.93. The van der Waals surface area contributed by atoms with Crippen LogP contribution in [0.3, 0.4) is 0 Å². The normalized spacial score (nSPS) is 9.93. The highest BCUT2D eigenvalue weighted by molar-refractivity contribution is 7.96. The molecular weight excluding hydrogens is 210 g/mol. The van der Waals surface area contributed by atoms with Crippen LogP contribution in [0.2, 0.25) is 0 Å². The SMILES string of the molecule is COc1cc(C)cc(C)c1N(C)C(=O)S. The highest BCUT2D eigenvalue weighted by Gasteiger charge is 2.15. The van der Waals surface area contributed by atoms with Crippen molar-refractivity contribution < 1.29 is 9.53 Å². The van der Waals surface area contributed by atoms with E-state index in [4.69, 9.17) is 4.74 Å². The summed E-state index contributed by atoms with van der Waals surface area (Å²) < 4.78 is 5.25. The Morgan fingerprint density at radius 1 is 1.40 bits per heavy atom. The number of carbonyl (C=O) groups excluding carboxylic acids is 1. The molecular formula is C11H15NO2S. The van der Waals surface area contributed by atoms with Gasteiger partial charge in [-0.15, -0.1) is 0 Å². The average molecular weight is 225 g/mol. The minimum Gasteiger partial charge on any atom is -0.495 e. The molecule has 0 atom stereocenters. The lowest BCUT2D eigenvalue weighted by Gasteiger charge is -2.20. The third kappa shape index (κ3) is 2.45. The molecule has 0 aliphatic carbocycles. The number of ether oxygens (including phenoxy) is 1. The molecule has 1 amide bonds. The van der Waals surface area contributed by atoms with Crippen molar-refractivity contribution in [3.8, 4) is 5.75 Å². The van der Waals surface area contributed by atoms with Crippen molar-refractivity contribution >= 4 is 23.6 Å². The third-order valence-electron chi connectivity index (χ3n) is 2.25. The van der Waals surface area contributed by atoms with Crippen LogP contribution in [-0.4, -0.2) is 19.4 Å². The number of carbonyl (C=O) groups is 1. The van der Waals surface area contributed by atoms with Crippen molar-refractivity contribution in [3.05, 3.63) is 23.3 Å². The smallest absolute Gasteiger partial charge is 0.282 e. The zero-order valence-electron chi connectivity index (χ0n) is 9.37. The summed E-state index contributed by atoms with van der Waals surface area (Å²) in [4.78, 5) is 12.7. The van der Waals surface area contributed by atoms with Gasteiger partial charge >= 0.3 is 0 Å². The second-order valence-electron chi connectivity index (χ2n) is 3.47. The molecule has 1 aromatic carbocycles. The molecule has 82 valence electrons. The largest absolute Gasteiger partial charge is 0.495 e. The van der Waals surface area contributed by atoms with Crippen LogP contribution < -0.4 is 9.64 Å². The Bertz CT molecular complexity index is 390. The van der Waals surface area contributed by atoms with E-state index >= 15 is 0 Å². The van der Waals surface area contributed by atoms with Gasteiger partial charge in [-0.2, -0.15) is 0 Å². The topological polar surface area (TPSA) is 29.5 Å². The van der Waals surface area contributed by atoms with Gasteiger partial charge in [-0.1, -0.05) is 18.7 Å². The van der Waals surface area contributed by atoms with Crippen LogP contribution >= 0.6 is 12.6 Å². The van der Waals surface area contributed by atoms with Crippen LogP contribution in [0.4, 0.5) is 10.5 Å². The van der Waals surface area contributed by atoms with Crippen molar-refractivity contribution in [2.75, 3.05) is 19.1 Å². The Kier molecular flexibility index (Phi) is 3.63. The number of nitrogens with zero attached hydrogens (tertiary/aromatic N) is 1. The van der Waals surface area contributed by atoms with Gasteiger partial charge in [0, 0.05) is 7.05 Å². The number of hydrogen-bond donors (Lipinski definition) is 1. The van der Waals surface area contributed by atoms with E-state index in [-0.39, 0.29) is 5.24 Å². The minimum absolute atomic E-state index is 0.305. The van der Waals surface area contributed by atoms with E-state index in [2.05, 4.69) is 12.6 Å². The highest BCUT2D eigenvalue weighted by Crippen LogP contribution is 2.32. The molecule has 0 aliphatic heterocycles. The van der Waals surface area contributed by atoms with E-state index in [9.17, 15) is 4.79 Å². The van der Waals surface area contributed by atoms with Gasteiger partial charge in [-0.25, -0.2) is 0 Å². The third-order valence-corrected chi connectivity index (χ3v) is 2.55. The quantitative estimate of drug-likeness (QED) is 0.784. The lowest BCUT2D eigenvalue weighted by molar-refractivity contribution is 0.266. The van der Waals surface area contributed by atoms with Gasteiger partial charge in [0.15, 0.2) is 0 Å². The summed E-state index contributed by atoms with van der Waals surface area (Å²) in [5.41, 5.74) is 2.87. The predicted molar refractivity (Wildman–Crippen MR) is 65.3 cm³/mol. The molecule has 0 heterocycles. The Morgan fingerprint density at radius 3 is 2.47 bits per heavy atom. The molecule has 4 heteroatoms. The lowest BCUT2D eigenvalue weighted by Crippen LogP contribution is -2.21. The fourth-order valence-electron chi connectivity index (χ4n) is 1.60. The van der Waals surface area contributed by atoms with E-state index < -0.39 is 0 Å². The average Bonchev–Trinajstić information content (AvgIpc) is 2.15. The summed E-state index contributed by atoms with van der Waals surface area (Å²) in [7, 11) is 3.27. The molecule has 0 fully saturated rings. The van der Waals surface area contributed by atoms with Crippen LogP contribution in [0.25, 0.3) is 0 Å². The van der Waals surface area contributed by atoms with Gasteiger partial charge in [-0.3, -0.25) is 4.79 Å². The Balaban J connectivity index is 3.32. The molecule has 0 bridgehead atoms. The number of rotatable bonds is 2. The molecule has 0 radical (unpaired) electrons. The molecule has 0 saturated heterocycles. The second-order valence-corrected chi connectivity index (χ2v) is 3.86. The summed E-state index contributed by atoms with van der Waals surface area (Å²) in [6, 6.07) is 3.90. The van der Waals surface area contributed by atoms with Crippen LogP contribution in [0.5, 0.6) is 5.75 Å². The number of amides is 1. The maximum absolute atomic E-state index is 11.2. The first-order chi connectivity index (χ1) is 6.97. The molecule has 0 aromatic heterocycles. The number of anilines is 1. The van der Waals surface area contributed by atoms with E-state index in [0.717, 1.165) is 16.8 Å². The molecule has 15 heavy (non-hydrogen) atoms. The predicted octanol–water partition coefficient (Wildman–Crippen LogP) is 2.80. The van der Waals surface area contributed by atoms with Gasteiger partial charge in [0.2, 0.25) is 0 Å². The fraction of sp³-hybridized carbons (Fsp3) is 0.364. The molecule has 0 unspecified atom stereocenters. The first-order valence-electron chi connectivity index (χ1n) is 4.59. The molecule has 0 N–H and O–H groups in total. The van der Waals surface area contributed by atoms with Crippen molar-refractivity contribution in [1.29, 1.82) is 0 Å². The summed E-state index contributed by atoms with van der Waals surface area (Å²) in [6.07, 6.45) is 0. The standard InChI is InChI=1S/C11H15NO2S/c1-7-5-8(2)10(9(6-7)14-4)12(3)11(13)15/h5-6H,1-4H3,(H,13,15). The second kappa shape index (κ2) is 4.57. The van der Waals surface area contributed by atoms with Gasteiger partial charge in [0.05, 0.1) is 12.8 Å². The van der Waals surface area contributed by atoms with E-state index in [1.807, 2.05) is 26.0 Å². The van der Waals surface area contributed by atoms with Crippen LogP contribution in [0.1, 0.15) is 11.1 Å². The number of benzene rings is 1. The number of hydrogen-bond acceptors (Lipinski definition) is 2. The van der Waals surface area contributed by atoms with Crippen molar-refractivity contribution in [2.24, 2.45) is 0 Å². The molecule has 0 spiro atoms. The molecule has 3 nitrogen and oxygen atoms in total. The maximum atomic E-state index is 11.2. The maximum Gasteiger partial charge on any atom is 0.282 e. The zero-order valence-corrected chi connectivity index (χ0v) is 10.3. The fourth-order valence-corrected chi connectivity index (χ4v) is 1.70. The number of aryl methyl sites for hydroxylation is 2. The Labute approximate surface area is 95.4 Å². The molecule has 0 saturated carbocycles. The van der Waals surface area contributed by atoms with E-state index in [1.165, 1.54) is 4.90 Å². The summed E-state index contributed by atoms with van der Waals surface area (Å²) in [5.74, 6) is 0.692. The van der Waals surface area contributed by atoms with Gasteiger partial charge in [-0.05, 0) is 31.0 Å². The monoisotopic (exact) mass is 225 g/mol. The Hall–Kier alpha value is -1.16. The first kappa shape index (κ1) is 11.9. The number of thiol groups is 1. The van der Waals surface area contributed by atoms with E-state index in [0.29, 0.717) is 5.75 Å². The molecule has 1 aromatic rings. The molecule has 0 aliphatic rings. The van der Waals surface area contributed by atoms with Crippen LogP contribution in [-0.2, 0) is 0 Å². The highest BCUT2D eigenvalue weighted by atomic mass is 32.1. The minimum atomic E-state index is -0.305. The summed E-state index contributed by atoms with van der Waals surface area (Å²) >= 11 is 3.80. The van der Waals surface area contributed by atoms with Gasteiger partial charge < -0.3 is 9.64 Å². The first-order valence-corrected chi connectivity index (χ1v) is 5.04. The zero-order chi connectivity index (χ0) is 11.6. The van der Waals surface area contributed by atoms with Crippen LogP contribution in [0, 0.1) is 13.8 Å².